The lowest BCUT2D eigenvalue weighted by molar-refractivity contribution is 0.176. The van der Waals surface area contributed by atoms with Crippen molar-refractivity contribution in [2.24, 2.45) is 0 Å². The maximum absolute atomic E-state index is 5.82. The molecule has 0 aliphatic heterocycles. The lowest BCUT2D eigenvalue weighted by atomic mass is 10.1. The summed E-state index contributed by atoms with van der Waals surface area (Å²) >= 11 is 0. The number of nitrogens with zero attached hydrogens (tertiary/aromatic N) is 1. The first-order valence-corrected chi connectivity index (χ1v) is 5.73. The lowest BCUT2D eigenvalue weighted by Gasteiger charge is -2.15. The molecule has 0 radical (unpaired) electrons. The Morgan fingerprint density at radius 2 is 1.87 bits per heavy atom. The first-order chi connectivity index (χ1) is 7.34. The largest absolute Gasteiger partial charge is 0.474 e. The van der Waals surface area contributed by atoms with E-state index in [4.69, 9.17) is 10.5 Å². The molecule has 3 heteroatoms. The molecule has 0 bridgehead atoms. The van der Waals surface area contributed by atoms with Crippen LogP contribution in [0.3, 0.4) is 0 Å². The van der Waals surface area contributed by atoms with E-state index in [9.17, 15) is 0 Å². The van der Waals surface area contributed by atoms with Crippen LogP contribution in [0.1, 0.15) is 38.5 Å². The Labute approximate surface area is 90.7 Å². The van der Waals surface area contributed by atoms with E-state index in [1.165, 1.54) is 25.7 Å². The Bertz CT molecular complexity index is 289. The molecule has 1 heterocycles. The van der Waals surface area contributed by atoms with E-state index in [1.807, 2.05) is 12.1 Å². The number of nitrogen functional groups attached to an aromatic ring is 1. The van der Waals surface area contributed by atoms with E-state index in [1.54, 1.807) is 6.20 Å². The van der Waals surface area contributed by atoms with Gasteiger partial charge in [-0.25, -0.2) is 4.98 Å². The average Bonchev–Trinajstić information content (AvgIpc) is 2.50. The fourth-order valence-corrected chi connectivity index (χ4v) is 1.99. The zero-order chi connectivity index (χ0) is 10.5. The van der Waals surface area contributed by atoms with Gasteiger partial charge >= 0.3 is 0 Å². The Morgan fingerprint density at radius 1 is 1.13 bits per heavy atom. The summed E-state index contributed by atoms with van der Waals surface area (Å²) in [6.07, 6.45) is 9.55. The van der Waals surface area contributed by atoms with Crippen molar-refractivity contribution >= 4 is 5.69 Å². The third-order valence-electron chi connectivity index (χ3n) is 2.85. The van der Waals surface area contributed by atoms with Gasteiger partial charge in [0, 0.05) is 6.07 Å². The van der Waals surface area contributed by atoms with Gasteiger partial charge in [-0.3, -0.25) is 0 Å². The second kappa shape index (κ2) is 5.01. The summed E-state index contributed by atoms with van der Waals surface area (Å²) in [6, 6.07) is 3.68. The molecule has 1 aliphatic rings. The summed E-state index contributed by atoms with van der Waals surface area (Å²) in [4.78, 5) is 4.16. The molecule has 3 nitrogen and oxygen atoms in total. The summed E-state index contributed by atoms with van der Waals surface area (Å²) in [5.74, 6) is 0.705. The predicted molar refractivity (Wildman–Crippen MR) is 60.8 cm³/mol. The van der Waals surface area contributed by atoms with Crippen LogP contribution >= 0.6 is 0 Å². The summed E-state index contributed by atoms with van der Waals surface area (Å²) in [5.41, 5.74) is 6.25. The van der Waals surface area contributed by atoms with Crippen LogP contribution < -0.4 is 10.5 Å². The van der Waals surface area contributed by atoms with Crippen LogP contribution in [0.4, 0.5) is 5.69 Å². The topological polar surface area (TPSA) is 48.1 Å². The normalized spacial score (nSPS) is 18.4. The molecule has 1 fully saturated rings. The highest BCUT2D eigenvalue weighted by molar-refractivity contribution is 5.35. The van der Waals surface area contributed by atoms with E-state index in [0.29, 0.717) is 17.7 Å². The second-order valence-electron chi connectivity index (χ2n) is 4.16. The molecule has 0 saturated heterocycles. The molecule has 1 aliphatic carbocycles. The lowest BCUT2D eigenvalue weighted by Crippen LogP contribution is -2.15. The van der Waals surface area contributed by atoms with E-state index in [0.717, 1.165) is 12.8 Å². The first-order valence-electron chi connectivity index (χ1n) is 5.73. The van der Waals surface area contributed by atoms with Gasteiger partial charge in [0.15, 0.2) is 0 Å². The van der Waals surface area contributed by atoms with Crippen molar-refractivity contribution < 1.29 is 4.74 Å². The molecule has 0 unspecified atom stereocenters. The van der Waals surface area contributed by atoms with Crippen molar-refractivity contribution in [3.63, 3.8) is 0 Å². The van der Waals surface area contributed by atoms with Crippen LogP contribution in [0.15, 0.2) is 18.3 Å². The third-order valence-corrected chi connectivity index (χ3v) is 2.85. The summed E-state index contributed by atoms with van der Waals surface area (Å²) in [7, 11) is 0. The standard InChI is InChI=1S/C12H18N2O/c13-10-7-8-12(14-9-10)15-11-5-3-1-2-4-6-11/h7-9,11H,1-6,13H2. The SMILES string of the molecule is Nc1ccc(OC2CCCCCC2)nc1. The molecule has 2 rings (SSSR count). The van der Waals surface area contributed by atoms with Crippen LogP contribution in [0.25, 0.3) is 0 Å². The fraction of sp³-hybridized carbons (Fsp3) is 0.583. The molecule has 0 aromatic carbocycles. The fourth-order valence-electron chi connectivity index (χ4n) is 1.99. The summed E-state index contributed by atoms with van der Waals surface area (Å²) in [5, 5.41) is 0. The molecule has 15 heavy (non-hydrogen) atoms. The smallest absolute Gasteiger partial charge is 0.213 e. The van der Waals surface area contributed by atoms with Gasteiger partial charge in [0.1, 0.15) is 6.10 Å². The van der Waals surface area contributed by atoms with E-state index < -0.39 is 0 Å². The number of hydrogen-bond acceptors (Lipinski definition) is 3. The van der Waals surface area contributed by atoms with Crippen LogP contribution in [0, 0.1) is 0 Å². The van der Waals surface area contributed by atoms with Gasteiger partial charge in [-0.1, -0.05) is 12.8 Å². The predicted octanol–water partition coefficient (Wildman–Crippen LogP) is 2.77. The van der Waals surface area contributed by atoms with Gasteiger partial charge in [-0.2, -0.15) is 0 Å². The maximum atomic E-state index is 5.82. The molecule has 1 aromatic rings. The van der Waals surface area contributed by atoms with Crippen molar-refractivity contribution in [1.29, 1.82) is 0 Å². The van der Waals surface area contributed by atoms with Crippen LogP contribution in [0.5, 0.6) is 5.88 Å². The highest BCUT2D eigenvalue weighted by atomic mass is 16.5. The number of nitrogens with two attached hydrogens (primary N) is 1. The van der Waals surface area contributed by atoms with E-state index >= 15 is 0 Å². The number of ether oxygens (including phenoxy) is 1. The third kappa shape index (κ3) is 3.11. The minimum Gasteiger partial charge on any atom is -0.474 e. The molecule has 0 amide bonds. The summed E-state index contributed by atoms with van der Waals surface area (Å²) < 4.78 is 5.82. The van der Waals surface area contributed by atoms with Crippen molar-refractivity contribution in [2.45, 2.75) is 44.6 Å². The maximum Gasteiger partial charge on any atom is 0.213 e. The number of aromatic nitrogens is 1. The molecule has 1 aromatic heterocycles. The van der Waals surface area contributed by atoms with Crippen molar-refractivity contribution in [3.05, 3.63) is 18.3 Å². The van der Waals surface area contributed by atoms with Crippen LogP contribution in [0.2, 0.25) is 0 Å². The number of hydrogen-bond donors (Lipinski definition) is 1. The molecule has 0 spiro atoms. The number of rotatable bonds is 2. The Morgan fingerprint density at radius 3 is 2.47 bits per heavy atom. The van der Waals surface area contributed by atoms with Gasteiger partial charge in [0.05, 0.1) is 11.9 Å². The Balaban J connectivity index is 1.92. The Kier molecular flexibility index (Phi) is 3.43. The summed E-state index contributed by atoms with van der Waals surface area (Å²) in [6.45, 7) is 0. The zero-order valence-corrected chi connectivity index (χ0v) is 8.98. The van der Waals surface area contributed by atoms with Gasteiger partial charge in [0.2, 0.25) is 5.88 Å². The molecular formula is C12H18N2O. The number of anilines is 1. The van der Waals surface area contributed by atoms with Gasteiger partial charge in [0.25, 0.3) is 0 Å². The highest BCUT2D eigenvalue weighted by Gasteiger charge is 2.13. The van der Waals surface area contributed by atoms with Crippen molar-refractivity contribution in [2.75, 3.05) is 5.73 Å². The van der Waals surface area contributed by atoms with Crippen LogP contribution in [-0.2, 0) is 0 Å². The highest BCUT2D eigenvalue weighted by Crippen LogP contribution is 2.21. The molecule has 82 valence electrons. The van der Waals surface area contributed by atoms with Crippen molar-refractivity contribution in [3.8, 4) is 5.88 Å². The van der Waals surface area contributed by atoms with Crippen LogP contribution in [-0.4, -0.2) is 11.1 Å². The van der Waals surface area contributed by atoms with Gasteiger partial charge in [-0.05, 0) is 31.7 Å². The van der Waals surface area contributed by atoms with Crippen molar-refractivity contribution in [1.82, 2.24) is 4.98 Å². The second-order valence-corrected chi connectivity index (χ2v) is 4.16. The number of pyridine rings is 1. The van der Waals surface area contributed by atoms with E-state index in [2.05, 4.69) is 4.98 Å². The van der Waals surface area contributed by atoms with E-state index in [-0.39, 0.29) is 0 Å². The zero-order valence-electron chi connectivity index (χ0n) is 8.98. The minimum absolute atomic E-state index is 0.351. The molecule has 0 atom stereocenters. The molecule has 1 saturated carbocycles. The molecule has 2 N–H and O–H groups in total. The Hall–Kier alpha value is -1.25. The quantitative estimate of drug-likeness (QED) is 0.757. The average molecular weight is 206 g/mol. The monoisotopic (exact) mass is 206 g/mol. The molecular weight excluding hydrogens is 188 g/mol. The van der Waals surface area contributed by atoms with Gasteiger partial charge < -0.3 is 10.5 Å². The first kappa shape index (κ1) is 10.3. The minimum atomic E-state index is 0.351. The van der Waals surface area contributed by atoms with Gasteiger partial charge in [-0.15, -0.1) is 0 Å².